The van der Waals surface area contributed by atoms with Crippen LogP contribution in [0.5, 0.6) is 5.75 Å². The molecule has 114 valence electrons. The Morgan fingerprint density at radius 3 is 2.57 bits per heavy atom. The predicted molar refractivity (Wildman–Crippen MR) is 79.6 cm³/mol. The van der Waals surface area contributed by atoms with Crippen molar-refractivity contribution in [3.63, 3.8) is 0 Å². The van der Waals surface area contributed by atoms with E-state index in [-0.39, 0.29) is 22.8 Å². The van der Waals surface area contributed by atoms with E-state index in [1.807, 2.05) is 6.07 Å². The number of cyclic esters (lactones) is 1. The molecule has 0 aliphatic carbocycles. The average molecular weight is 309 g/mol. The van der Waals surface area contributed by atoms with E-state index in [9.17, 15) is 20.0 Å². The molecular formula is C16H9N2O5-. The first-order chi connectivity index (χ1) is 11.0. The van der Waals surface area contributed by atoms with Gasteiger partial charge in [0.15, 0.2) is 5.70 Å². The van der Waals surface area contributed by atoms with E-state index in [0.717, 1.165) is 18.2 Å². The molecule has 2 aromatic carbocycles. The Kier molecular flexibility index (Phi) is 3.60. The summed E-state index contributed by atoms with van der Waals surface area (Å²) >= 11 is 0. The zero-order valence-electron chi connectivity index (χ0n) is 11.6. The summed E-state index contributed by atoms with van der Waals surface area (Å²) in [5, 5.41) is 22.5. The van der Waals surface area contributed by atoms with E-state index in [1.165, 1.54) is 6.08 Å². The summed E-state index contributed by atoms with van der Waals surface area (Å²) in [6.07, 6.45) is 1.19. The van der Waals surface area contributed by atoms with Crippen LogP contribution >= 0.6 is 0 Å². The van der Waals surface area contributed by atoms with Crippen LogP contribution in [0.25, 0.3) is 6.08 Å². The fourth-order valence-electron chi connectivity index (χ4n) is 2.02. The molecule has 0 saturated carbocycles. The number of benzene rings is 2. The number of nitrogens with zero attached hydrogens (tertiary/aromatic N) is 2. The Morgan fingerprint density at radius 1 is 1.13 bits per heavy atom. The first-order valence-electron chi connectivity index (χ1n) is 6.58. The smallest absolute Gasteiger partial charge is 0.363 e. The number of carbonyl (C=O) groups is 1. The van der Waals surface area contributed by atoms with Gasteiger partial charge in [0.25, 0.3) is 5.69 Å². The lowest BCUT2D eigenvalue weighted by atomic mass is 10.1. The van der Waals surface area contributed by atoms with E-state index in [0.29, 0.717) is 5.56 Å². The van der Waals surface area contributed by atoms with Crippen LogP contribution in [-0.4, -0.2) is 16.8 Å². The van der Waals surface area contributed by atoms with E-state index >= 15 is 0 Å². The Labute approximate surface area is 130 Å². The second-order valence-corrected chi connectivity index (χ2v) is 4.68. The lowest BCUT2D eigenvalue weighted by Gasteiger charge is -2.09. The highest BCUT2D eigenvalue weighted by Gasteiger charge is 2.24. The fraction of sp³-hybridized carbons (Fsp3) is 0. The lowest BCUT2D eigenvalue weighted by Crippen LogP contribution is -2.05. The second-order valence-electron chi connectivity index (χ2n) is 4.68. The van der Waals surface area contributed by atoms with Crippen LogP contribution in [0.15, 0.2) is 59.2 Å². The van der Waals surface area contributed by atoms with Crippen molar-refractivity contribution in [1.29, 1.82) is 0 Å². The Bertz CT molecular complexity index is 856. The molecule has 0 spiro atoms. The molecule has 7 heteroatoms. The van der Waals surface area contributed by atoms with Gasteiger partial charge in [-0.1, -0.05) is 24.3 Å². The Morgan fingerprint density at radius 2 is 1.87 bits per heavy atom. The fourth-order valence-corrected chi connectivity index (χ4v) is 2.02. The molecule has 1 aliphatic heterocycles. The summed E-state index contributed by atoms with van der Waals surface area (Å²) in [6.45, 7) is 0. The molecule has 3 rings (SSSR count). The minimum atomic E-state index is -0.713. The molecule has 0 amide bonds. The minimum Gasteiger partial charge on any atom is -0.872 e. The molecular weight excluding hydrogens is 300 g/mol. The molecule has 1 aliphatic rings. The maximum absolute atomic E-state index is 11.9. The summed E-state index contributed by atoms with van der Waals surface area (Å²) in [5.74, 6) is -1.03. The highest BCUT2D eigenvalue weighted by Crippen LogP contribution is 2.25. The van der Waals surface area contributed by atoms with E-state index in [4.69, 9.17) is 4.74 Å². The molecule has 0 unspecified atom stereocenters. The topological polar surface area (TPSA) is 105 Å². The summed E-state index contributed by atoms with van der Waals surface area (Å²) in [4.78, 5) is 26.0. The zero-order chi connectivity index (χ0) is 16.4. The first kappa shape index (κ1) is 14.5. The summed E-state index contributed by atoms with van der Waals surface area (Å²) < 4.78 is 5.06. The van der Waals surface area contributed by atoms with Crippen molar-refractivity contribution in [3.8, 4) is 5.75 Å². The van der Waals surface area contributed by atoms with E-state index in [1.54, 1.807) is 24.3 Å². The quantitative estimate of drug-likeness (QED) is 0.373. The summed E-state index contributed by atoms with van der Waals surface area (Å²) in [7, 11) is 0. The lowest BCUT2D eigenvalue weighted by molar-refractivity contribution is -0.385. The second kappa shape index (κ2) is 5.72. The van der Waals surface area contributed by atoms with Gasteiger partial charge >= 0.3 is 5.97 Å². The maximum Gasteiger partial charge on any atom is 0.363 e. The number of hydrogen-bond acceptors (Lipinski definition) is 6. The number of nitro benzene ring substituents is 1. The van der Waals surface area contributed by atoms with Crippen molar-refractivity contribution in [2.24, 2.45) is 4.99 Å². The highest BCUT2D eigenvalue weighted by atomic mass is 16.6. The number of carbonyl (C=O) groups excluding carboxylic acids is 1. The van der Waals surface area contributed by atoms with Crippen molar-refractivity contribution in [2.45, 2.75) is 0 Å². The predicted octanol–water partition coefficient (Wildman–Crippen LogP) is 2.01. The van der Waals surface area contributed by atoms with Crippen molar-refractivity contribution < 1.29 is 19.6 Å². The highest BCUT2D eigenvalue weighted by molar-refractivity contribution is 6.12. The molecule has 0 fully saturated rings. The Balaban J connectivity index is 2.00. The van der Waals surface area contributed by atoms with Gasteiger partial charge in [-0.2, -0.15) is 0 Å². The first-order valence-corrected chi connectivity index (χ1v) is 6.58. The van der Waals surface area contributed by atoms with Gasteiger partial charge in [0, 0.05) is 17.7 Å². The van der Waals surface area contributed by atoms with Crippen LogP contribution in [0.2, 0.25) is 0 Å². The standard InChI is InChI=1S/C16H10N2O5/c19-14-7-6-12(18(21)22)8-11(14)9-13-16(20)23-15(17-13)10-4-2-1-3-5-10/h1-9,19H/p-1/b13-9-. The number of aliphatic imine (C=N–C) groups is 1. The number of non-ortho nitro benzene ring substituents is 1. The molecule has 0 radical (unpaired) electrons. The minimum absolute atomic E-state index is 0.00390. The van der Waals surface area contributed by atoms with Gasteiger partial charge in [-0.25, -0.2) is 9.79 Å². The van der Waals surface area contributed by atoms with Crippen LogP contribution < -0.4 is 5.11 Å². The van der Waals surface area contributed by atoms with E-state index < -0.39 is 16.6 Å². The van der Waals surface area contributed by atoms with Gasteiger partial charge in [-0.15, -0.1) is 5.75 Å². The number of esters is 1. The van der Waals surface area contributed by atoms with Gasteiger partial charge in [-0.05, 0) is 23.8 Å². The van der Waals surface area contributed by atoms with Crippen molar-refractivity contribution in [1.82, 2.24) is 0 Å². The summed E-state index contributed by atoms with van der Waals surface area (Å²) in [5.41, 5.74) is 0.298. The average Bonchev–Trinajstić information content (AvgIpc) is 2.91. The summed E-state index contributed by atoms with van der Waals surface area (Å²) in [6, 6.07) is 12.1. The van der Waals surface area contributed by atoms with Gasteiger partial charge < -0.3 is 9.84 Å². The van der Waals surface area contributed by atoms with Crippen LogP contribution in [0.3, 0.4) is 0 Å². The molecule has 0 saturated heterocycles. The van der Waals surface area contributed by atoms with Gasteiger partial charge in [-0.3, -0.25) is 10.1 Å². The normalized spacial score (nSPS) is 15.4. The molecule has 0 N–H and O–H groups in total. The Hall–Kier alpha value is -3.48. The van der Waals surface area contributed by atoms with Crippen molar-refractivity contribution in [3.05, 3.63) is 75.5 Å². The molecule has 0 aromatic heterocycles. The van der Waals surface area contributed by atoms with Crippen LogP contribution in [0, 0.1) is 10.1 Å². The third-order valence-corrected chi connectivity index (χ3v) is 3.14. The number of hydrogen-bond donors (Lipinski definition) is 0. The van der Waals surface area contributed by atoms with E-state index in [2.05, 4.69) is 4.99 Å². The number of rotatable bonds is 3. The molecule has 0 bridgehead atoms. The SMILES string of the molecule is O=C1OC(c2ccccc2)=N/C1=C\c1cc([N+](=O)[O-])ccc1[O-]. The molecule has 7 nitrogen and oxygen atoms in total. The largest absolute Gasteiger partial charge is 0.872 e. The number of ether oxygens (including phenoxy) is 1. The number of nitro groups is 1. The molecule has 1 heterocycles. The van der Waals surface area contributed by atoms with Crippen LogP contribution in [0.4, 0.5) is 5.69 Å². The van der Waals surface area contributed by atoms with Crippen molar-refractivity contribution in [2.75, 3.05) is 0 Å². The van der Waals surface area contributed by atoms with Crippen molar-refractivity contribution >= 4 is 23.6 Å². The molecule has 0 atom stereocenters. The van der Waals surface area contributed by atoms with Crippen LogP contribution in [-0.2, 0) is 9.53 Å². The monoisotopic (exact) mass is 309 g/mol. The van der Waals surface area contributed by atoms with Gasteiger partial charge in [0.1, 0.15) is 0 Å². The maximum atomic E-state index is 11.9. The third kappa shape index (κ3) is 2.93. The zero-order valence-corrected chi connectivity index (χ0v) is 11.6. The molecule has 23 heavy (non-hydrogen) atoms. The van der Waals surface area contributed by atoms with Gasteiger partial charge in [0.05, 0.1) is 4.92 Å². The van der Waals surface area contributed by atoms with Crippen LogP contribution in [0.1, 0.15) is 11.1 Å². The molecule has 2 aromatic rings. The third-order valence-electron chi connectivity index (χ3n) is 3.14. The van der Waals surface area contributed by atoms with Gasteiger partial charge in [0.2, 0.25) is 5.90 Å².